The van der Waals surface area contributed by atoms with Crippen LogP contribution in [0.5, 0.6) is 0 Å². The maximum absolute atomic E-state index is 12.8. The summed E-state index contributed by atoms with van der Waals surface area (Å²) in [5.41, 5.74) is 0.0438. The smallest absolute Gasteiger partial charge is 0.270 e. The highest BCUT2D eigenvalue weighted by Gasteiger charge is 2.47. The summed E-state index contributed by atoms with van der Waals surface area (Å²) < 4.78 is 10.2. The summed E-state index contributed by atoms with van der Waals surface area (Å²) in [6, 6.07) is 3.77. The van der Waals surface area contributed by atoms with Crippen molar-refractivity contribution in [2.24, 2.45) is 7.05 Å². The second-order valence-electron chi connectivity index (χ2n) is 7.96. The van der Waals surface area contributed by atoms with E-state index in [1.807, 2.05) is 59.5 Å². The van der Waals surface area contributed by atoms with Crippen molar-refractivity contribution >= 4 is 11.8 Å². The van der Waals surface area contributed by atoms with Gasteiger partial charge < -0.3 is 24.1 Å². The first kappa shape index (κ1) is 18.7. The number of nitrogens with zero attached hydrogens (tertiary/aromatic N) is 4. The second kappa shape index (κ2) is 7.09. The molecule has 2 aliphatic heterocycles. The molecule has 1 spiro atoms. The van der Waals surface area contributed by atoms with Gasteiger partial charge in [0, 0.05) is 57.6 Å². The number of piperidine rings is 1. The number of ether oxygens (including phenoxy) is 1. The molecule has 1 fully saturated rings. The molecule has 8 heteroatoms. The van der Waals surface area contributed by atoms with Gasteiger partial charge >= 0.3 is 0 Å². The number of aromatic nitrogens is 3. The zero-order chi connectivity index (χ0) is 19.9. The average molecular weight is 385 g/mol. The van der Waals surface area contributed by atoms with Crippen LogP contribution >= 0.6 is 0 Å². The van der Waals surface area contributed by atoms with Gasteiger partial charge in [-0.15, -0.1) is 0 Å². The summed E-state index contributed by atoms with van der Waals surface area (Å²) in [6.45, 7) is 5.46. The average Bonchev–Trinajstić information content (AvgIpc) is 3.30. The highest BCUT2D eigenvalue weighted by Crippen LogP contribution is 2.40. The fraction of sp³-hybridized carbons (Fsp3) is 0.550. The molecule has 150 valence electrons. The normalized spacial score (nSPS) is 21.0. The fourth-order valence-electron chi connectivity index (χ4n) is 4.17. The maximum Gasteiger partial charge on any atom is 0.270 e. The Balaban J connectivity index is 1.52. The molecule has 2 aromatic heterocycles. The Labute approximate surface area is 164 Å². The summed E-state index contributed by atoms with van der Waals surface area (Å²) in [5.74, 6) is 0.777. The number of imidazole rings is 1. The molecule has 1 unspecified atom stereocenters. The summed E-state index contributed by atoms with van der Waals surface area (Å²) in [4.78, 5) is 31.8. The van der Waals surface area contributed by atoms with Gasteiger partial charge in [-0.25, -0.2) is 4.98 Å². The molecule has 4 heterocycles. The molecule has 1 saturated heterocycles. The van der Waals surface area contributed by atoms with Crippen molar-refractivity contribution in [3.63, 3.8) is 0 Å². The Bertz CT molecular complexity index is 876. The zero-order valence-electron chi connectivity index (χ0n) is 16.6. The van der Waals surface area contributed by atoms with E-state index in [0.717, 1.165) is 5.82 Å². The molecule has 8 nitrogen and oxygen atoms in total. The highest BCUT2D eigenvalue weighted by atomic mass is 16.5. The minimum absolute atomic E-state index is 0.0237. The Morgan fingerprint density at radius 2 is 2.04 bits per heavy atom. The van der Waals surface area contributed by atoms with Crippen LogP contribution in [-0.4, -0.2) is 56.1 Å². The van der Waals surface area contributed by atoms with Gasteiger partial charge in [0.25, 0.3) is 11.8 Å². The Morgan fingerprint density at radius 1 is 1.29 bits per heavy atom. The number of rotatable bonds is 3. The van der Waals surface area contributed by atoms with Crippen LogP contribution in [0, 0.1) is 0 Å². The van der Waals surface area contributed by atoms with Crippen LogP contribution in [-0.2, 0) is 28.7 Å². The number of fused-ring (bicyclic) bond motifs is 2. The van der Waals surface area contributed by atoms with Crippen LogP contribution in [0.1, 0.15) is 43.0 Å². The number of likely N-dealkylation sites (tertiary alicyclic amines) is 1. The number of nitrogens with one attached hydrogen (secondary N) is 1. The number of amides is 2. The Hall–Kier alpha value is -2.61. The van der Waals surface area contributed by atoms with Crippen LogP contribution < -0.4 is 5.32 Å². The summed E-state index contributed by atoms with van der Waals surface area (Å²) in [6.07, 6.45) is 6.20. The van der Waals surface area contributed by atoms with Gasteiger partial charge in [0.05, 0.1) is 6.54 Å². The van der Waals surface area contributed by atoms with Gasteiger partial charge in [-0.2, -0.15) is 0 Å². The van der Waals surface area contributed by atoms with E-state index in [0.29, 0.717) is 38.2 Å². The van der Waals surface area contributed by atoms with E-state index in [-0.39, 0.29) is 17.9 Å². The van der Waals surface area contributed by atoms with Crippen LogP contribution in [0.15, 0.2) is 30.7 Å². The van der Waals surface area contributed by atoms with Crippen molar-refractivity contribution in [2.45, 2.75) is 51.0 Å². The number of aryl methyl sites for hydroxylation is 1. The van der Waals surface area contributed by atoms with Gasteiger partial charge in [0.1, 0.15) is 17.1 Å². The maximum atomic E-state index is 12.8. The minimum Gasteiger partial charge on any atom is -0.352 e. The lowest BCUT2D eigenvalue weighted by Gasteiger charge is -2.45. The van der Waals surface area contributed by atoms with Gasteiger partial charge in [-0.1, -0.05) is 0 Å². The highest BCUT2D eigenvalue weighted by molar-refractivity contribution is 5.92. The third-order valence-electron chi connectivity index (χ3n) is 5.60. The molecule has 4 rings (SSSR count). The van der Waals surface area contributed by atoms with Gasteiger partial charge in [0.15, 0.2) is 6.10 Å². The van der Waals surface area contributed by atoms with Crippen molar-refractivity contribution in [1.29, 1.82) is 0 Å². The topological polar surface area (TPSA) is 81.4 Å². The van der Waals surface area contributed by atoms with E-state index in [4.69, 9.17) is 4.74 Å². The van der Waals surface area contributed by atoms with Crippen LogP contribution in [0.4, 0.5) is 0 Å². The molecule has 1 N–H and O–H groups in total. The van der Waals surface area contributed by atoms with Crippen LogP contribution in [0.3, 0.4) is 0 Å². The monoisotopic (exact) mass is 385 g/mol. The molecule has 28 heavy (non-hydrogen) atoms. The first-order valence-corrected chi connectivity index (χ1v) is 9.80. The SMILES string of the molecule is CC(C)NC(=O)C1Cn2ccnc2C2(CCN(C(=O)c3cccn3C)CC2)O1. The lowest BCUT2D eigenvalue weighted by atomic mass is 9.88. The molecular weight excluding hydrogens is 358 g/mol. The molecule has 0 radical (unpaired) electrons. The van der Waals surface area contributed by atoms with Crippen molar-refractivity contribution in [3.8, 4) is 0 Å². The second-order valence-corrected chi connectivity index (χ2v) is 7.96. The van der Waals surface area contributed by atoms with Gasteiger partial charge in [-0.05, 0) is 26.0 Å². The molecular formula is C20H27N5O3. The molecule has 1 atom stereocenters. The predicted octanol–water partition coefficient (Wildman–Crippen LogP) is 1.28. The van der Waals surface area contributed by atoms with Crippen molar-refractivity contribution in [1.82, 2.24) is 24.3 Å². The third-order valence-corrected chi connectivity index (χ3v) is 5.60. The minimum atomic E-state index is -0.633. The van der Waals surface area contributed by atoms with E-state index in [1.54, 1.807) is 6.20 Å². The first-order valence-electron chi connectivity index (χ1n) is 9.80. The molecule has 0 aromatic carbocycles. The lowest BCUT2D eigenvalue weighted by Crippen LogP contribution is -2.55. The van der Waals surface area contributed by atoms with Crippen LogP contribution in [0.25, 0.3) is 0 Å². The van der Waals surface area contributed by atoms with Crippen molar-refractivity contribution < 1.29 is 14.3 Å². The molecule has 0 bridgehead atoms. The van der Waals surface area contributed by atoms with E-state index in [2.05, 4.69) is 10.3 Å². The number of carbonyl (C=O) groups excluding carboxylic acids is 2. The standard InChI is InChI=1S/C20H27N5O3/c1-14(2)22-17(26)16-13-25-12-8-21-19(25)20(28-16)6-10-24(11-7-20)18(27)15-5-4-9-23(15)3/h4-5,8-9,12,14,16H,6-7,10-11,13H2,1-3H3,(H,22,26). The van der Waals surface area contributed by atoms with Crippen molar-refractivity contribution in [3.05, 3.63) is 42.2 Å². The molecule has 2 amide bonds. The molecule has 0 saturated carbocycles. The number of hydrogen-bond acceptors (Lipinski definition) is 4. The molecule has 0 aliphatic carbocycles. The van der Waals surface area contributed by atoms with E-state index >= 15 is 0 Å². The van der Waals surface area contributed by atoms with E-state index in [9.17, 15) is 9.59 Å². The fourth-order valence-corrected chi connectivity index (χ4v) is 4.17. The Kier molecular flexibility index (Phi) is 4.74. The lowest BCUT2D eigenvalue weighted by molar-refractivity contribution is -0.172. The van der Waals surface area contributed by atoms with E-state index in [1.165, 1.54) is 0 Å². The number of carbonyl (C=O) groups is 2. The zero-order valence-corrected chi connectivity index (χ0v) is 16.6. The quantitative estimate of drug-likeness (QED) is 0.863. The Morgan fingerprint density at radius 3 is 2.68 bits per heavy atom. The first-order chi connectivity index (χ1) is 13.4. The summed E-state index contributed by atoms with van der Waals surface area (Å²) in [7, 11) is 1.87. The van der Waals surface area contributed by atoms with Gasteiger partial charge in [-0.3, -0.25) is 9.59 Å². The molecule has 2 aliphatic rings. The van der Waals surface area contributed by atoms with E-state index < -0.39 is 11.7 Å². The van der Waals surface area contributed by atoms with Crippen LogP contribution in [0.2, 0.25) is 0 Å². The van der Waals surface area contributed by atoms with Crippen molar-refractivity contribution in [2.75, 3.05) is 13.1 Å². The molecule has 2 aromatic rings. The van der Waals surface area contributed by atoms with Gasteiger partial charge in [0.2, 0.25) is 0 Å². The summed E-state index contributed by atoms with van der Waals surface area (Å²) in [5, 5.41) is 2.94. The summed E-state index contributed by atoms with van der Waals surface area (Å²) >= 11 is 0. The largest absolute Gasteiger partial charge is 0.352 e. The number of hydrogen-bond donors (Lipinski definition) is 1. The third kappa shape index (κ3) is 3.22. The predicted molar refractivity (Wildman–Crippen MR) is 103 cm³/mol.